The topological polar surface area (TPSA) is 54.2 Å². The van der Waals surface area contributed by atoms with Crippen LogP contribution in [0.3, 0.4) is 0 Å². The van der Waals surface area contributed by atoms with Crippen molar-refractivity contribution in [2.75, 3.05) is 13.6 Å². The van der Waals surface area contributed by atoms with Gasteiger partial charge in [0.15, 0.2) is 5.96 Å². The van der Waals surface area contributed by atoms with E-state index in [1.165, 1.54) is 11.1 Å². The predicted octanol–water partition coefficient (Wildman–Crippen LogP) is 2.46. The lowest BCUT2D eigenvalue weighted by molar-refractivity contribution is 0.657. The van der Waals surface area contributed by atoms with E-state index in [0.29, 0.717) is 19.0 Å². The SMILES string of the molecule is C#CCNC(=NC)NCc1c(C)nn(Cc2ccccc2)c1C.I. The first-order valence-electron chi connectivity index (χ1n) is 7.60. The van der Waals surface area contributed by atoms with E-state index in [1.807, 2.05) is 29.8 Å². The second-order valence-corrected chi connectivity index (χ2v) is 5.28. The summed E-state index contributed by atoms with van der Waals surface area (Å²) in [6, 6.07) is 10.3. The van der Waals surface area contributed by atoms with Gasteiger partial charge in [-0.1, -0.05) is 36.3 Å². The quantitative estimate of drug-likeness (QED) is 0.327. The predicted molar refractivity (Wildman–Crippen MR) is 110 cm³/mol. The van der Waals surface area contributed by atoms with Crippen LogP contribution >= 0.6 is 24.0 Å². The van der Waals surface area contributed by atoms with Crippen LogP contribution in [0, 0.1) is 26.2 Å². The highest BCUT2D eigenvalue weighted by Crippen LogP contribution is 2.14. The fraction of sp³-hybridized carbons (Fsp3) is 0.333. The lowest BCUT2D eigenvalue weighted by atomic mass is 10.2. The van der Waals surface area contributed by atoms with Crippen molar-refractivity contribution >= 4 is 29.9 Å². The van der Waals surface area contributed by atoms with E-state index < -0.39 is 0 Å². The third-order valence-corrected chi connectivity index (χ3v) is 3.72. The molecule has 0 atom stereocenters. The second-order valence-electron chi connectivity index (χ2n) is 5.28. The smallest absolute Gasteiger partial charge is 0.192 e. The van der Waals surface area contributed by atoms with Gasteiger partial charge in [0.05, 0.1) is 18.8 Å². The lowest BCUT2D eigenvalue weighted by Gasteiger charge is -2.10. The van der Waals surface area contributed by atoms with Crippen LogP contribution in [0.2, 0.25) is 0 Å². The van der Waals surface area contributed by atoms with E-state index in [2.05, 4.69) is 45.7 Å². The van der Waals surface area contributed by atoms with Gasteiger partial charge < -0.3 is 10.6 Å². The molecule has 0 fully saturated rings. The van der Waals surface area contributed by atoms with E-state index >= 15 is 0 Å². The Labute approximate surface area is 161 Å². The zero-order valence-corrected chi connectivity index (χ0v) is 16.7. The number of aromatic nitrogens is 2. The zero-order chi connectivity index (χ0) is 16.7. The largest absolute Gasteiger partial charge is 0.352 e. The van der Waals surface area contributed by atoms with E-state index in [9.17, 15) is 0 Å². The van der Waals surface area contributed by atoms with Gasteiger partial charge in [0, 0.05) is 24.8 Å². The highest BCUT2D eigenvalue weighted by Gasteiger charge is 2.12. The van der Waals surface area contributed by atoms with Crippen molar-refractivity contribution < 1.29 is 0 Å². The Morgan fingerprint density at radius 3 is 2.58 bits per heavy atom. The number of aryl methyl sites for hydroxylation is 1. The maximum atomic E-state index is 5.26. The molecule has 2 N–H and O–H groups in total. The van der Waals surface area contributed by atoms with Gasteiger partial charge in [-0.25, -0.2) is 0 Å². The Balaban J connectivity index is 0.00000288. The molecule has 1 aromatic heterocycles. The first-order chi connectivity index (χ1) is 11.2. The molecule has 1 heterocycles. The minimum Gasteiger partial charge on any atom is -0.352 e. The molecule has 0 aliphatic carbocycles. The molecule has 0 aliphatic rings. The number of halogens is 1. The minimum absolute atomic E-state index is 0. The van der Waals surface area contributed by atoms with Crippen molar-refractivity contribution in [1.82, 2.24) is 20.4 Å². The molecule has 128 valence electrons. The Bertz CT molecular complexity index is 713. The number of hydrogen-bond acceptors (Lipinski definition) is 2. The van der Waals surface area contributed by atoms with Crippen LogP contribution in [-0.4, -0.2) is 29.3 Å². The summed E-state index contributed by atoms with van der Waals surface area (Å²) in [5, 5.41) is 11.0. The van der Waals surface area contributed by atoms with Gasteiger partial charge in [0.25, 0.3) is 0 Å². The molecule has 2 aromatic rings. The van der Waals surface area contributed by atoms with Crippen LogP contribution < -0.4 is 10.6 Å². The van der Waals surface area contributed by atoms with Crippen LogP contribution in [-0.2, 0) is 13.1 Å². The first kappa shape index (κ1) is 20.0. The molecule has 0 amide bonds. The molecule has 0 aliphatic heterocycles. The standard InChI is InChI=1S/C18H23N5.HI/c1-5-11-20-18(19-4)21-12-17-14(2)22-23(15(17)3)13-16-9-7-6-8-10-16;/h1,6-10H,11-13H2,2-4H3,(H2,19,20,21);1H. The monoisotopic (exact) mass is 437 g/mol. The van der Waals surface area contributed by atoms with Crippen molar-refractivity contribution in [3.05, 3.63) is 52.8 Å². The molecule has 6 heteroatoms. The number of nitrogens with zero attached hydrogens (tertiary/aromatic N) is 3. The molecule has 0 saturated carbocycles. The van der Waals surface area contributed by atoms with Gasteiger partial charge in [-0.05, 0) is 19.4 Å². The number of aliphatic imine (C=N–C) groups is 1. The van der Waals surface area contributed by atoms with E-state index in [-0.39, 0.29) is 24.0 Å². The fourth-order valence-corrected chi connectivity index (χ4v) is 2.43. The van der Waals surface area contributed by atoms with Crippen LogP contribution in [0.15, 0.2) is 35.3 Å². The van der Waals surface area contributed by atoms with Crippen molar-refractivity contribution in [3.63, 3.8) is 0 Å². The molecule has 0 radical (unpaired) electrons. The van der Waals surface area contributed by atoms with Crippen LogP contribution in [0.25, 0.3) is 0 Å². The van der Waals surface area contributed by atoms with Crippen molar-refractivity contribution in [2.45, 2.75) is 26.9 Å². The summed E-state index contributed by atoms with van der Waals surface area (Å²) in [5.74, 6) is 3.23. The Morgan fingerprint density at radius 2 is 1.96 bits per heavy atom. The maximum absolute atomic E-state index is 5.26. The third-order valence-electron chi connectivity index (χ3n) is 3.72. The number of hydrogen-bond donors (Lipinski definition) is 2. The molecule has 24 heavy (non-hydrogen) atoms. The van der Waals surface area contributed by atoms with E-state index in [0.717, 1.165) is 17.9 Å². The first-order valence-corrected chi connectivity index (χ1v) is 7.60. The molecule has 0 unspecified atom stereocenters. The lowest BCUT2D eigenvalue weighted by Crippen LogP contribution is -2.37. The summed E-state index contributed by atoms with van der Waals surface area (Å²) in [5.41, 5.74) is 4.61. The summed E-state index contributed by atoms with van der Waals surface area (Å²) in [4.78, 5) is 4.15. The fourth-order valence-electron chi connectivity index (χ4n) is 2.43. The van der Waals surface area contributed by atoms with Crippen LogP contribution in [0.4, 0.5) is 0 Å². The van der Waals surface area contributed by atoms with Gasteiger partial charge in [-0.3, -0.25) is 9.67 Å². The summed E-state index contributed by atoms with van der Waals surface area (Å²) < 4.78 is 2.04. The highest BCUT2D eigenvalue weighted by molar-refractivity contribution is 14.0. The average molecular weight is 437 g/mol. The van der Waals surface area contributed by atoms with Gasteiger partial charge in [0.2, 0.25) is 0 Å². The molecular formula is C18H24IN5. The highest BCUT2D eigenvalue weighted by atomic mass is 127. The molecule has 0 bridgehead atoms. The molecular weight excluding hydrogens is 413 g/mol. The Morgan fingerprint density at radius 1 is 1.25 bits per heavy atom. The average Bonchev–Trinajstić information content (AvgIpc) is 2.83. The number of rotatable bonds is 5. The van der Waals surface area contributed by atoms with Gasteiger partial charge in [-0.2, -0.15) is 5.10 Å². The number of benzene rings is 1. The molecule has 2 rings (SSSR count). The van der Waals surface area contributed by atoms with E-state index in [1.54, 1.807) is 7.05 Å². The summed E-state index contributed by atoms with van der Waals surface area (Å²) in [7, 11) is 1.73. The third kappa shape index (κ3) is 5.27. The van der Waals surface area contributed by atoms with Crippen LogP contribution in [0.5, 0.6) is 0 Å². The summed E-state index contributed by atoms with van der Waals surface area (Å²) >= 11 is 0. The Hall–Kier alpha value is -2.01. The van der Waals surface area contributed by atoms with Crippen molar-refractivity contribution in [1.29, 1.82) is 0 Å². The number of terminal acetylenes is 1. The van der Waals surface area contributed by atoms with Crippen molar-refractivity contribution in [3.8, 4) is 12.3 Å². The summed E-state index contributed by atoms with van der Waals surface area (Å²) in [6.07, 6.45) is 5.26. The van der Waals surface area contributed by atoms with Gasteiger partial charge in [-0.15, -0.1) is 30.4 Å². The minimum atomic E-state index is 0. The van der Waals surface area contributed by atoms with Gasteiger partial charge >= 0.3 is 0 Å². The van der Waals surface area contributed by atoms with Crippen molar-refractivity contribution in [2.24, 2.45) is 4.99 Å². The summed E-state index contributed by atoms with van der Waals surface area (Å²) in [6.45, 7) is 6.01. The molecule has 0 spiro atoms. The van der Waals surface area contributed by atoms with E-state index in [4.69, 9.17) is 6.42 Å². The van der Waals surface area contributed by atoms with Gasteiger partial charge in [0.1, 0.15) is 0 Å². The second kappa shape index (κ2) is 9.98. The number of guanidine groups is 1. The van der Waals surface area contributed by atoms with Crippen LogP contribution in [0.1, 0.15) is 22.5 Å². The molecule has 5 nitrogen and oxygen atoms in total. The zero-order valence-electron chi connectivity index (χ0n) is 14.3. The molecule has 0 saturated heterocycles. The Kier molecular flexibility index (Phi) is 8.33. The normalized spacial score (nSPS) is 10.7. The number of nitrogens with one attached hydrogen (secondary N) is 2. The maximum Gasteiger partial charge on any atom is 0.192 e. The molecule has 1 aromatic carbocycles.